The first-order chi connectivity index (χ1) is 13.1. The third-order valence-electron chi connectivity index (χ3n) is 3.95. The van der Waals surface area contributed by atoms with Gasteiger partial charge in [0.1, 0.15) is 12.1 Å². The first-order valence-corrected chi connectivity index (χ1v) is 9.56. The summed E-state index contributed by atoms with van der Waals surface area (Å²) < 4.78 is 1.89. The Bertz CT molecular complexity index is 909. The second-order valence-corrected chi connectivity index (χ2v) is 7.33. The third-order valence-corrected chi connectivity index (χ3v) is 5.16. The molecular formula is C19H22N6OS. The van der Waals surface area contributed by atoms with Gasteiger partial charge in [-0.05, 0) is 43.7 Å². The molecule has 0 bridgehead atoms. The number of benzene rings is 1. The molecule has 0 aliphatic carbocycles. The number of aryl methyl sites for hydroxylation is 1. The monoisotopic (exact) mass is 382 g/mol. The fourth-order valence-electron chi connectivity index (χ4n) is 2.49. The van der Waals surface area contributed by atoms with Gasteiger partial charge in [0.15, 0.2) is 5.16 Å². The van der Waals surface area contributed by atoms with Gasteiger partial charge in [0.05, 0.1) is 5.56 Å². The number of carbonyl (C=O) groups is 1. The molecule has 0 radical (unpaired) electrons. The van der Waals surface area contributed by atoms with Gasteiger partial charge in [-0.2, -0.15) is 0 Å². The Labute approximate surface area is 162 Å². The Morgan fingerprint density at radius 1 is 1.30 bits per heavy atom. The second kappa shape index (κ2) is 8.68. The molecule has 1 aromatic carbocycles. The molecule has 0 aliphatic rings. The minimum Gasteiger partial charge on any atom is -0.370 e. The summed E-state index contributed by atoms with van der Waals surface area (Å²) in [5.74, 6) is 0.571. The van der Waals surface area contributed by atoms with Gasteiger partial charge in [-0.25, -0.2) is 4.98 Å². The first kappa shape index (κ1) is 18.9. The van der Waals surface area contributed by atoms with Crippen LogP contribution >= 0.6 is 11.8 Å². The number of nitrogens with zero attached hydrogens (tertiary/aromatic N) is 4. The molecule has 3 aromatic rings. The van der Waals surface area contributed by atoms with E-state index in [0.717, 1.165) is 28.8 Å². The van der Waals surface area contributed by atoms with Gasteiger partial charge in [-0.3, -0.25) is 4.79 Å². The Hall–Kier alpha value is -2.87. The van der Waals surface area contributed by atoms with E-state index in [9.17, 15) is 4.79 Å². The van der Waals surface area contributed by atoms with Crippen LogP contribution in [-0.2, 0) is 7.05 Å². The molecule has 0 saturated heterocycles. The van der Waals surface area contributed by atoms with Crippen LogP contribution in [0.1, 0.15) is 35.0 Å². The first-order valence-electron chi connectivity index (χ1n) is 8.68. The van der Waals surface area contributed by atoms with Crippen molar-refractivity contribution in [3.05, 3.63) is 60.0 Å². The lowest BCUT2D eigenvalue weighted by Crippen LogP contribution is -2.12. The van der Waals surface area contributed by atoms with Gasteiger partial charge in [0.2, 0.25) is 0 Å². The molecule has 1 unspecified atom stereocenters. The number of nitrogens with one attached hydrogen (secondary N) is 2. The van der Waals surface area contributed by atoms with Crippen molar-refractivity contribution in [1.82, 2.24) is 19.7 Å². The van der Waals surface area contributed by atoms with Gasteiger partial charge < -0.3 is 15.2 Å². The number of hydrogen-bond donors (Lipinski definition) is 2. The molecule has 2 N–H and O–H groups in total. The van der Waals surface area contributed by atoms with Crippen LogP contribution in [-0.4, -0.2) is 32.2 Å². The van der Waals surface area contributed by atoms with Crippen molar-refractivity contribution in [3.8, 4) is 0 Å². The van der Waals surface area contributed by atoms with Crippen LogP contribution in [0, 0.1) is 0 Å². The van der Waals surface area contributed by atoms with Crippen LogP contribution in [0.25, 0.3) is 0 Å². The van der Waals surface area contributed by atoms with Crippen molar-refractivity contribution in [1.29, 1.82) is 0 Å². The molecule has 3 rings (SSSR count). The summed E-state index contributed by atoms with van der Waals surface area (Å²) in [5, 5.41) is 15.1. The zero-order valence-corrected chi connectivity index (χ0v) is 16.3. The normalized spacial score (nSPS) is 11.8. The van der Waals surface area contributed by atoms with Crippen LogP contribution in [0.4, 0.5) is 11.5 Å². The van der Waals surface area contributed by atoms with Gasteiger partial charge in [0, 0.05) is 30.7 Å². The zero-order chi connectivity index (χ0) is 19.2. The molecule has 1 amide bonds. The van der Waals surface area contributed by atoms with Crippen molar-refractivity contribution >= 4 is 29.2 Å². The molecule has 2 aromatic heterocycles. The van der Waals surface area contributed by atoms with Crippen LogP contribution in [0.15, 0.2) is 54.1 Å². The standard InChI is InChI=1S/C19H22N6OS/c1-4-20-17-9-8-15(11-21-17)18(26)23-16-7-5-6-14(10-16)13(2)27-19-24-22-12-25(19)3/h5-13H,4H2,1-3H3,(H,20,21)(H,23,26). The van der Waals surface area contributed by atoms with Gasteiger partial charge in [-0.15, -0.1) is 10.2 Å². The minimum absolute atomic E-state index is 0.172. The molecule has 0 spiro atoms. The number of pyridine rings is 1. The summed E-state index contributed by atoms with van der Waals surface area (Å²) >= 11 is 1.62. The van der Waals surface area contributed by atoms with Crippen molar-refractivity contribution in [2.45, 2.75) is 24.3 Å². The zero-order valence-electron chi connectivity index (χ0n) is 15.5. The van der Waals surface area contributed by atoms with Crippen LogP contribution < -0.4 is 10.6 Å². The van der Waals surface area contributed by atoms with E-state index >= 15 is 0 Å². The van der Waals surface area contributed by atoms with Crippen LogP contribution in [0.5, 0.6) is 0 Å². The van der Waals surface area contributed by atoms with E-state index in [4.69, 9.17) is 0 Å². The van der Waals surface area contributed by atoms with Crippen molar-refractivity contribution in [2.24, 2.45) is 7.05 Å². The van der Waals surface area contributed by atoms with E-state index in [0.29, 0.717) is 5.56 Å². The number of carbonyl (C=O) groups excluding carboxylic acids is 1. The van der Waals surface area contributed by atoms with E-state index in [-0.39, 0.29) is 11.2 Å². The molecule has 7 nitrogen and oxygen atoms in total. The summed E-state index contributed by atoms with van der Waals surface area (Å²) in [6.45, 7) is 4.89. The predicted molar refractivity (Wildman–Crippen MR) is 108 cm³/mol. The number of amides is 1. The van der Waals surface area contributed by atoms with E-state index in [2.05, 4.69) is 32.7 Å². The largest absolute Gasteiger partial charge is 0.370 e. The molecule has 0 saturated carbocycles. The Morgan fingerprint density at radius 2 is 2.15 bits per heavy atom. The Morgan fingerprint density at radius 3 is 2.81 bits per heavy atom. The molecule has 140 valence electrons. The molecule has 1 atom stereocenters. The fourth-order valence-corrected chi connectivity index (χ4v) is 3.40. The van der Waals surface area contributed by atoms with E-state index in [1.165, 1.54) is 0 Å². The highest BCUT2D eigenvalue weighted by molar-refractivity contribution is 7.99. The molecule has 2 heterocycles. The number of hydrogen-bond acceptors (Lipinski definition) is 6. The number of aromatic nitrogens is 4. The average Bonchev–Trinajstić information content (AvgIpc) is 3.07. The number of rotatable bonds is 7. The maximum absolute atomic E-state index is 12.5. The molecule has 27 heavy (non-hydrogen) atoms. The average molecular weight is 382 g/mol. The summed E-state index contributed by atoms with van der Waals surface area (Å²) in [4.78, 5) is 16.7. The van der Waals surface area contributed by atoms with Gasteiger partial charge >= 0.3 is 0 Å². The lowest BCUT2D eigenvalue weighted by Gasteiger charge is -2.13. The third kappa shape index (κ3) is 4.85. The maximum Gasteiger partial charge on any atom is 0.257 e. The van der Waals surface area contributed by atoms with E-state index in [1.54, 1.807) is 36.4 Å². The molecule has 0 fully saturated rings. The van der Waals surface area contributed by atoms with Gasteiger partial charge in [-0.1, -0.05) is 23.9 Å². The van der Waals surface area contributed by atoms with E-state index < -0.39 is 0 Å². The van der Waals surface area contributed by atoms with E-state index in [1.807, 2.05) is 42.8 Å². The van der Waals surface area contributed by atoms with Crippen molar-refractivity contribution < 1.29 is 4.79 Å². The van der Waals surface area contributed by atoms with Crippen molar-refractivity contribution in [3.63, 3.8) is 0 Å². The smallest absolute Gasteiger partial charge is 0.257 e. The van der Waals surface area contributed by atoms with Gasteiger partial charge in [0.25, 0.3) is 5.91 Å². The lowest BCUT2D eigenvalue weighted by molar-refractivity contribution is 0.102. The lowest BCUT2D eigenvalue weighted by atomic mass is 10.1. The van der Waals surface area contributed by atoms with Crippen LogP contribution in [0.2, 0.25) is 0 Å². The highest BCUT2D eigenvalue weighted by atomic mass is 32.2. The molecule has 8 heteroatoms. The summed E-state index contributed by atoms with van der Waals surface area (Å²) in [6, 6.07) is 11.4. The topological polar surface area (TPSA) is 84.7 Å². The van der Waals surface area contributed by atoms with Crippen LogP contribution in [0.3, 0.4) is 0 Å². The maximum atomic E-state index is 12.5. The predicted octanol–water partition coefficient (Wildman–Crippen LogP) is 3.75. The highest BCUT2D eigenvalue weighted by Gasteiger charge is 2.13. The number of thioether (sulfide) groups is 1. The fraction of sp³-hybridized carbons (Fsp3) is 0.263. The summed E-state index contributed by atoms with van der Waals surface area (Å²) in [7, 11) is 1.92. The molecular weight excluding hydrogens is 360 g/mol. The number of anilines is 2. The quantitative estimate of drug-likeness (QED) is 0.606. The van der Waals surface area contributed by atoms with Crippen molar-refractivity contribution in [2.75, 3.05) is 17.2 Å². The Kier molecular flexibility index (Phi) is 6.08. The SMILES string of the molecule is CCNc1ccc(C(=O)Nc2cccc(C(C)Sc3nncn3C)c2)cn1. The second-order valence-electron chi connectivity index (χ2n) is 6.03. The summed E-state index contributed by atoms with van der Waals surface area (Å²) in [6.07, 6.45) is 3.25. The highest BCUT2D eigenvalue weighted by Crippen LogP contribution is 2.34. The summed E-state index contributed by atoms with van der Waals surface area (Å²) in [5.41, 5.74) is 2.36. The minimum atomic E-state index is -0.184. The Balaban J connectivity index is 1.67. The molecule has 0 aliphatic heterocycles.